The maximum absolute atomic E-state index is 12.7. The second kappa shape index (κ2) is 6.82. The van der Waals surface area contributed by atoms with Gasteiger partial charge in [0.05, 0.1) is 11.4 Å². The molecule has 2 aromatic rings. The zero-order valence-electron chi connectivity index (χ0n) is 11.4. The lowest BCUT2D eigenvalue weighted by atomic mass is 9.90. The van der Waals surface area contributed by atoms with Gasteiger partial charge in [-0.3, -0.25) is 4.79 Å². The molecule has 7 heteroatoms. The Morgan fingerprint density at radius 3 is 1.81 bits per heavy atom. The molecular formula is C14H14N4OS2. The molecule has 0 aliphatic heterocycles. The minimum atomic E-state index is 0.107. The third-order valence-electron chi connectivity index (χ3n) is 3.37. The number of Topliss-reactive ketones (excluding diaryl/α,β-unsaturated/α-hetero) is 1. The quantitative estimate of drug-likeness (QED) is 0.794. The smallest absolute Gasteiger partial charge is 0.185 e. The number of carbonyl (C=O) groups is 1. The summed E-state index contributed by atoms with van der Waals surface area (Å²) in [5, 5.41) is 11.7. The van der Waals surface area contributed by atoms with E-state index in [0.29, 0.717) is 0 Å². The SMILES string of the molecule is O=C1/C(=C\c2csnn2)CCCCC/C1=C/c1csnn1. The molecule has 3 rings (SSSR count). The highest BCUT2D eigenvalue weighted by molar-refractivity contribution is 7.03. The molecular weight excluding hydrogens is 304 g/mol. The van der Waals surface area contributed by atoms with Crippen molar-refractivity contribution in [1.82, 2.24) is 19.2 Å². The Bertz CT molecular complexity index is 603. The molecule has 1 aliphatic carbocycles. The van der Waals surface area contributed by atoms with E-state index in [1.165, 1.54) is 23.1 Å². The van der Waals surface area contributed by atoms with Crippen molar-refractivity contribution < 1.29 is 4.79 Å². The highest BCUT2D eigenvalue weighted by Gasteiger charge is 2.18. The number of ketones is 1. The van der Waals surface area contributed by atoms with Crippen molar-refractivity contribution in [2.24, 2.45) is 0 Å². The van der Waals surface area contributed by atoms with Gasteiger partial charge in [0.2, 0.25) is 0 Å². The largest absolute Gasteiger partial charge is 0.289 e. The Morgan fingerprint density at radius 2 is 1.38 bits per heavy atom. The normalized spacial score (nSPS) is 20.7. The lowest BCUT2D eigenvalue weighted by Gasteiger charge is -2.13. The maximum atomic E-state index is 12.7. The first-order chi connectivity index (χ1) is 10.3. The van der Waals surface area contributed by atoms with E-state index < -0.39 is 0 Å². The number of aromatic nitrogens is 4. The molecule has 1 saturated carbocycles. The molecule has 0 radical (unpaired) electrons. The van der Waals surface area contributed by atoms with Gasteiger partial charge in [-0.15, -0.1) is 10.2 Å². The predicted molar refractivity (Wildman–Crippen MR) is 83.9 cm³/mol. The Balaban J connectivity index is 1.91. The standard InChI is InChI=1S/C14H14N4OS2/c19-14-10(6-12-8-20-17-15-12)4-2-1-3-5-11(14)7-13-9-21-18-16-13/h6-9H,1-5H2/b10-6-,11-7-. The van der Waals surface area contributed by atoms with Crippen molar-refractivity contribution in [3.05, 3.63) is 33.3 Å². The molecule has 108 valence electrons. The molecule has 0 spiro atoms. The van der Waals surface area contributed by atoms with Gasteiger partial charge in [-0.1, -0.05) is 15.4 Å². The summed E-state index contributed by atoms with van der Waals surface area (Å²) in [4.78, 5) is 12.7. The van der Waals surface area contributed by atoms with Crippen LogP contribution in [-0.4, -0.2) is 25.0 Å². The third kappa shape index (κ3) is 3.68. The van der Waals surface area contributed by atoms with E-state index in [4.69, 9.17) is 0 Å². The summed E-state index contributed by atoms with van der Waals surface area (Å²) in [5.74, 6) is 0.107. The molecule has 0 atom stereocenters. The van der Waals surface area contributed by atoms with Crippen molar-refractivity contribution in [3.63, 3.8) is 0 Å². The summed E-state index contributed by atoms with van der Waals surface area (Å²) in [5.41, 5.74) is 3.16. The summed E-state index contributed by atoms with van der Waals surface area (Å²) in [6, 6.07) is 0. The van der Waals surface area contributed by atoms with Crippen LogP contribution in [-0.2, 0) is 4.79 Å². The number of rotatable bonds is 2. The molecule has 0 N–H and O–H groups in total. The lowest BCUT2D eigenvalue weighted by molar-refractivity contribution is -0.112. The Hall–Kier alpha value is -1.73. The van der Waals surface area contributed by atoms with Gasteiger partial charge < -0.3 is 0 Å². The number of nitrogens with zero attached hydrogens (tertiary/aromatic N) is 4. The summed E-state index contributed by atoms with van der Waals surface area (Å²) in [6.45, 7) is 0. The average Bonchev–Trinajstić information content (AvgIpc) is 3.15. The predicted octanol–water partition coefficient (Wildman–Crippen LogP) is 3.39. The van der Waals surface area contributed by atoms with Crippen LogP contribution in [0, 0.1) is 0 Å². The minimum absolute atomic E-state index is 0.107. The first kappa shape index (κ1) is 14.2. The van der Waals surface area contributed by atoms with E-state index in [1.807, 2.05) is 22.9 Å². The van der Waals surface area contributed by atoms with Crippen LogP contribution in [0.2, 0.25) is 0 Å². The third-order valence-corrected chi connectivity index (χ3v) is 4.42. The first-order valence-corrected chi connectivity index (χ1v) is 8.50. The zero-order valence-corrected chi connectivity index (χ0v) is 13.0. The van der Waals surface area contributed by atoms with Gasteiger partial charge in [0.15, 0.2) is 5.78 Å². The molecule has 0 bridgehead atoms. The Kier molecular flexibility index (Phi) is 4.62. The van der Waals surface area contributed by atoms with Crippen LogP contribution in [0.15, 0.2) is 21.9 Å². The number of allylic oxidation sites excluding steroid dienone is 2. The van der Waals surface area contributed by atoms with Crippen molar-refractivity contribution in [1.29, 1.82) is 0 Å². The summed E-state index contributed by atoms with van der Waals surface area (Å²) < 4.78 is 7.68. The maximum Gasteiger partial charge on any atom is 0.185 e. The van der Waals surface area contributed by atoms with Crippen LogP contribution >= 0.6 is 23.1 Å². The van der Waals surface area contributed by atoms with Crippen LogP contribution in [0.5, 0.6) is 0 Å². The second-order valence-corrected chi connectivity index (χ2v) is 6.11. The molecule has 0 saturated heterocycles. The van der Waals surface area contributed by atoms with E-state index in [1.54, 1.807) is 0 Å². The van der Waals surface area contributed by atoms with Gasteiger partial charge in [0, 0.05) is 21.9 Å². The van der Waals surface area contributed by atoms with Gasteiger partial charge >= 0.3 is 0 Å². The minimum Gasteiger partial charge on any atom is -0.289 e. The van der Waals surface area contributed by atoms with E-state index >= 15 is 0 Å². The molecule has 1 aliphatic rings. The van der Waals surface area contributed by atoms with E-state index in [2.05, 4.69) is 19.2 Å². The van der Waals surface area contributed by atoms with Crippen molar-refractivity contribution in [2.75, 3.05) is 0 Å². The van der Waals surface area contributed by atoms with Crippen molar-refractivity contribution in [3.8, 4) is 0 Å². The number of hydrogen-bond acceptors (Lipinski definition) is 7. The van der Waals surface area contributed by atoms with Crippen LogP contribution in [0.1, 0.15) is 43.5 Å². The lowest BCUT2D eigenvalue weighted by Crippen LogP contribution is -2.09. The second-order valence-electron chi connectivity index (χ2n) is 4.89. The van der Waals surface area contributed by atoms with Gasteiger partial charge in [-0.2, -0.15) is 0 Å². The fourth-order valence-corrected chi connectivity index (χ4v) is 3.17. The number of carbonyl (C=O) groups excluding carboxylic acids is 1. The molecule has 2 aromatic heterocycles. The van der Waals surface area contributed by atoms with Crippen LogP contribution < -0.4 is 0 Å². The molecule has 21 heavy (non-hydrogen) atoms. The van der Waals surface area contributed by atoms with Crippen LogP contribution in [0.3, 0.4) is 0 Å². The molecule has 0 unspecified atom stereocenters. The Morgan fingerprint density at radius 1 is 0.857 bits per heavy atom. The first-order valence-electron chi connectivity index (χ1n) is 6.83. The van der Waals surface area contributed by atoms with E-state index in [-0.39, 0.29) is 5.78 Å². The molecule has 0 aromatic carbocycles. The van der Waals surface area contributed by atoms with E-state index in [0.717, 1.165) is 54.6 Å². The zero-order chi connectivity index (χ0) is 14.5. The van der Waals surface area contributed by atoms with E-state index in [9.17, 15) is 4.79 Å². The number of hydrogen-bond donors (Lipinski definition) is 0. The molecule has 1 fully saturated rings. The fourth-order valence-electron chi connectivity index (χ4n) is 2.34. The van der Waals surface area contributed by atoms with Crippen molar-refractivity contribution in [2.45, 2.75) is 32.1 Å². The molecule has 5 nitrogen and oxygen atoms in total. The summed E-state index contributed by atoms with van der Waals surface area (Å²) >= 11 is 2.59. The highest BCUT2D eigenvalue weighted by atomic mass is 32.1. The van der Waals surface area contributed by atoms with Gasteiger partial charge in [-0.05, 0) is 60.9 Å². The topological polar surface area (TPSA) is 68.6 Å². The summed E-state index contributed by atoms with van der Waals surface area (Å²) in [6.07, 6.45) is 8.54. The average molecular weight is 318 g/mol. The Labute approximate surface area is 130 Å². The highest BCUT2D eigenvalue weighted by Crippen LogP contribution is 2.26. The molecule has 2 heterocycles. The fraction of sp³-hybridized carbons (Fsp3) is 0.357. The van der Waals surface area contributed by atoms with Gasteiger partial charge in [0.1, 0.15) is 0 Å². The summed E-state index contributed by atoms with van der Waals surface area (Å²) in [7, 11) is 0. The van der Waals surface area contributed by atoms with Crippen LogP contribution in [0.4, 0.5) is 0 Å². The van der Waals surface area contributed by atoms with Gasteiger partial charge in [0.25, 0.3) is 0 Å². The van der Waals surface area contributed by atoms with Crippen LogP contribution in [0.25, 0.3) is 12.2 Å². The monoisotopic (exact) mass is 318 g/mol. The molecule has 0 amide bonds. The van der Waals surface area contributed by atoms with Crippen molar-refractivity contribution >= 4 is 41.0 Å². The van der Waals surface area contributed by atoms with Gasteiger partial charge in [-0.25, -0.2) is 0 Å².